The average molecular weight is 505 g/mol. The molecule has 28 heavy (non-hydrogen) atoms. The van der Waals surface area contributed by atoms with Crippen molar-refractivity contribution in [3.05, 3.63) is 81.2 Å². The van der Waals surface area contributed by atoms with Crippen molar-refractivity contribution in [3.63, 3.8) is 0 Å². The van der Waals surface area contributed by atoms with E-state index in [4.69, 9.17) is 0 Å². The van der Waals surface area contributed by atoms with Crippen LogP contribution in [0.4, 0.5) is 0 Å². The zero-order valence-electron chi connectivity index (χ0n) is 16.8. The first-order valence-corrected chi connectivity index (χ1v) is 14.9. The van der Waals surface area contributed by atoms with E-state index < -0.39 is 31.3 Å². The van der Waals surface area contributed by atoms with E-state index in [9.17, 15) is 0 Å². The summed E-state index contributed by atoms with van der Waals surface area (Å²) in [6.07, 6.45) is 5.29. The first kappa shape index (κ1) is 22.3. The van der Waals surface area contributed by atoms with E-state index in [1.165, 1.54) is 11.1 Å². The number of hydrogen-bond donors (Lipinski definition) is 0. The van der Waals surface area contributed by atoms with Crippen molar-refractivity contribution in [2.24, 2.45) is 0 Å². The van der Waals surface area contributed by atoms with E-state index in [0.717, 1.165) is 18.3 Å². The second kappa shape index (κ2) is 8.03. The van der Waals surface area contributed by atoms with Crippen molar-refractivity contribution in [2.75, 3.05) is 0 Å². The molecule has 0 amide bonds. The molecule has 0 spiro atoms. The summed E-state index contributed by atoms with van der Waals surface area (Å²) >= 11 is -0.632. The summed E-state index contributed by atoms with van der Waals surface area (Å²) in [6.45, 7) is 10.1. The Labute approximate surface area is 194 Å². The second-order valence-electron chi connectivity index (χ2n) is 8.67. The fourth-order valence-electron chi connectivity index (χ4n) is 6.06. The molecule has 0 aromatic heterocycles. The van der Waals surface area contributed by atoms with Gasteiger partial charge in [-0.1, -0.05) is 0 Å². The smallest absolute Gasteiger partial charge is 1.00 e. The topological polar surface area (TPSA) is 0 Å². The minimum absolute atomic E-state index is 0. The standard InChI is InChI=1S/C24H26Si.2ClH.Zr/c1-17(2)25(18(3)4,23-13-19-9-5-6-10-20(19)14-23)24-15-21-11-7-8-12-22(21)16-24;;;/h5-18H,1-4H3;2*1H;/q;;;+2/p-2. The molecule has 3 aliphatic rings. The van der Waals surface area contributed by atoms with E-state index in [0.29, 0.717) is 0 Å². The first-order valence-electron chi connectivity index (χ1n) is 9.93. The molecule has 0 bridgehead atoms. The summed E-state index contributed by atoms with van der Waals surface area (Å²) in [5.74, 6) is 0. The summed E-state index contributed by atoms with van der Waals surface area (Å²) in [5.41, 5.74) is 7.90. The zero-order chi connectivity index (χ0) is 18.1. The SMILES string of the molecule is CC(C)[Si]1(C(C)C)C2=Cc3ccccc3[CH]2[Zr+2][CH]2C1=Cc1ccccc12.[Cl-].[Cl-]. The fraction of sp³-hybridized carbons (Fsp3) is 0.333. The van der Waals surface area contributed by atoms with Crippen molar-refractivity contribution in [3.8, 4) is 0 Å². The molecule has 2 aromatic rings. The van der Waals surface area contributed by atoms with Crippen LogP contribution in [0.15, 0.2) is 58.9 Å². The molecule has 0 N–H and O–H groups in total. The van der Waals surface area contributed by atoms with Gasteiger partial charge in [-0.2, -0.15) is 0 Å². The summed E-state index contributed by atoms with van der Waals surface area (Å²) < 4.78 is 1.61. The molecule has 1 heterocycles. The van der Waals surface area contributed by atoms with Gasteiger partial charge >= 0.3 is 171 Å². The number of halogens is 2. The third kappa shape index (κ3) is 2.86. The van der Waals surface area contributed by atoms with E-state index in [1.54, 1.807) is 11.1 Å². The molecule has 4 heteroatoms. The number of benzene rings is 2. The Bertz CT molecular complexity index is 883. The maximum Gasteiger partial charge on any atom is -1.00 e. The van der Waals surface area contributed by atoms with Crippen LogP contribution in [0.2, 0.25) is 11.1 Å². The number of rotatable bonds is 2. The van der Waals surface area contributed by atoms with Crippen LogP contribution in [0.1, 0.15) is 57.2 Å². The zero-order valence-corrected chi connectivity index (χ0v) is 21.8. The van der Waals surface area contributed by atoms with Gasteiger partial charge in [0, 0.05) is 0 Å². The van der Waals surface area contributed by atoms with Gasteiger partial charge in [0.05, 0.1) is 0 Å². The Morgan fingerprint density at radius 3 is 1.46 bits per heavy atom. The Morgan fingerprint density at radius 1 is 0.679 bits per heavy atom. The van der Waals surface area contributed by atoms with Gasteiger partial charge in [0.1, 0.15) is 0 Å². The maximum absolute atomic E-state index is 2.65. The van der Waals surface area contributed by atoms with Gasteiger partial charge in [-0.15, -0.1) is 0 Å². The molecule has 1 fully saturated rings. The van der Waals surface area contributed by atoms with Gasteiger partial charge < -0.3 is 24.8 Å². The monoisotopic (exact) mass is 502 g/mol. The third-order valence-electron chi connectivity index (χ3n) is 6.97. The van der Waals surface area contributed by atoms with Crippen LogP contribution in [-0.4, -0.2) is 8.07 Å². The van der Waals surface area contributed by atoms with Crippen LogP contribution in [0.3, 0.4) is 0 Å². The largest absolute Gasteiger partial charge is 1.00 e. The van der Waals surface area contributed by atoms with Gasteiger partial charge in [-0.3, -0.25) is 0 Å². The normalized spacial score (nSPS) is 22.4. The van der Waals surface area contributed by atoms with Gasteiger partial charge in [0.25, 0.3) is 0 Å². The predicted octanol–water partition coefficient (Wildman–Crippen LogP) is 0.714. The van der Waals surface area contributed by atoms with E-state index >= 15 is 0 Å². The minimum atomic E-state index is -1.73. The summed E-state index contributed by atoms with van der Waals surface area (Å²) in [5, 5.41) is 3.79. The number of fused-ring (bicyclic) bond motifs is 6. The van der Waals surface area contributed by atoms with Crippen molar-refractivity contribution in [1.29, 1.82) is 0 Å². The second-order valence-corrected chi connectivity index (χ2v) is 17.5. The molecule has 2 aromatic carbocycles. The van der Waals surface area contributed by atoms with Gasteiger partial charge in [-0.05, 0) is 0 Å². The van der Waals surface area contributed by atoms with Crippen LogP contribution in [0.5, 0.6) is 0 Å². The predicted molar refractivity (Wildman–Crippen MR) is 110 cm³/mol. The Kier molecular flexibility index (Phi) is 6.39. The molecule has 0 radical (unpaired) electrons. The Hall–Kier alpha value is -0.400. The van der Waals surface area contributed by atoms with E-state index in [-0.39, 0.29) is 24.8 Å². The van der Waals surface area contributed by atoms with Crippen LogP contribution in [-0.2, 0) is 23.2 Å². The molecule has 1 aliphatic heterocycles. The van der Waals surface area contributed by atoms with E-state index in [1.807, 2.05) is 10.4 Å². The summed E-state index contributed by atoms with van der Waals surface area (Å²) in [4.78, 5) is 0. The number of allylic oxidation sites excluding steroid dienone is 2. The van der Waals surface area contributed by atoms with Gasteiger partial charge in [0.2, 0.25) is 0 Å². The average Bonchev–Trinajstić information content (AvgIpc) is 3.17. The van der Waals surface area contributed by atoms with Crippen LogP contribution in [0, 0.1) is 0 Å². The summed E-state index contributed by atoms with van der Waals surface area (Å²) in [6, 6.07) is 18.5. The minimum Gasteiger partial charge on any atom is -1.00 e. The van der Waals surface area contributed by atoms with Crippen LogP contribution in [0.25, 0.3) is 12.2 Å². The van der Waals surface area contributed by atoms with Crippen molar-refractivity contribution < 1.29 is 48.0 Å². The molecule has 2 aliphatic carbocycles. The molecule has 2 atom stereocenters. The van der Waals surface area contributed by atoms with E-state index in [2.05, 4.69) is 88.4 Å². The first-order chi connectivity index (χ1) is 12.5. The van der Waals surface area contributed by atoms with Crippen molar-refractivity contribution in [2.45, 2.75) is 46.0 Å². The van der Waals surface area contributed by atoms with Crippen molar-refractivity contribution in [1.82, 2.24) is 0 Å². The van der Waals surface area contributed by atoms with Gasteiger partial charge in [0.15, 0.2) is 0 Å². The Morgan fingerprint density at radius 2 is 1.07 bits per heavy atom. The maximum atomic E-state index is 2.65. The molecule has 1 saturated heterocycles. The van der Waals surface area contributed by atoms with Gasteiger partial charge in [-0.25, -0.2) is 0 Å². The van der Waals surface area contributed by atoms with Crippen LogP contribution < -0.4 is 24.8 Å². The molecule has 5 rings (SSSR count). The molecular formula is C24H26Cl2SiZr. The molecule has 2 unspecified atom stereocenters. The molecule has 0 nitrogen and oxygen atoms in total. The number of hydrogen-bond acceptors (Lipinski definition) is 0. The Balaban J connectivity index is 0.00000112. The molecule has 144 valence electrons. The molecular weight excluding hydrogens is 478 g/mol. The summed E-state index contributed by atoms with van der Waals surface area (Å²) in [7, 11) is -1.73. The van der Waals surface area contributed by atoms with Crippen molar-refractivity contribution >= 4 is 20.2 Å². The molecule has 0 saturated carbocycles. The van der Waals surface area contributed by atoms with Crippen LogP contribution >= 0.6 is 0 Å². The third-order valence-corrected chi connectivity index (χ3v) is 19.5. The fourth-order valence-corrected chi connectivity index (χ4v) is 21.2. The quantitative estimate of drug-likeness (QED) is 0.529.